The van der Waals surface area contributed by atoms with Gasteiger partial charge in [0.25, 0.3) is 0 Å². The van der Waals surface area contributed by atoms with Crippen molar-refractivity contribution in [2.24, 2.45) is 23.2 Å². The number of carbonyl (C=O) groups excluding carboxylic acids is 2. The van der Waals surface area contributed by atoms with Crippen molar-refractivity contribution in [3.05, 3.63) is 12.2 Å². The summed E-state index contributed by atoms with van der Waals surface area (Å²) in [5, 5.41) is 0. The second kappa shape index (κ2) is 6.66. The lowest BCUT2D eigenvalue weighted by molar-refractivity contribution is -0.163. The van der Waals surface area contributed by atoms with Gasteiger partial charge in [0.15, 0.2) is 0 Å². The Hall–Kier alpha value is -1.32. The number of fused-ring (bicyclic) bond motifs is 2. The van der Waals surface area contributed by atoms with Crippen LogP contribution in [-0.4, -0.2) is 37.0 Å². The first kappa shape index (κ1) is 18.0. The van der Waals surface area contributed by atoms with Gasteiger partial charge >= 0.3 is 5.97 Å². The third-order valence-corrected chi connectivity index (χ3v) is 5.22. The lowest BCUT2D eigenvalue weighted by atomic mass is 9.63. The van der Waals surface area contributed by atoms with Crippen LogP contribution in [0.1, 0.15) is 52.9 Å². The number of rotatable bonds is 3. The van der Waals surface area contributed by atoms with Crippen molar-refractivity contribution >= 4 is 11.9 Å². The molecule has 4 heteroatoms. The van der Waals surface area contributed by atoms with E-state index in [1.165, 1.54) is 5.57 Å². The normalized spacial score (nSPS) is 30.7. The van der Waals surface area contributed by atoms with E-state index in [2.05, 4.69) is 6.58 Å². The van der Waals surface area contributed by atoms with Gasteiger partial charge in [-0.05, 0) is 64.2 Å². The number of amides is 1. The largest absolute Gasteiger partial charge is 0.462 e. The number of hydrogen-bond acceptors (Lipinski definition) is 3. The van der Waals surface area contributed by atoms with Crippen LogP contribution in [0.3, 0.4) is 0 Å². The van der Waals surface area contributed by atoms with Crippen LogP contribution < -0.4 is 0 Å². The fourth-order valence-electron chi connectivity index (χ4n) is 3.88. The quantitative estimate of drug-likeness (QED) is 0.591. The van der Waals surface area contributed by atoms with Crippen LogP contribution in [0.5, 0.6) is 0 Å². The van der Waals surface area contributed by atoms with Crippen LogP contribution in [0.25, 0.3) is 0 Å². The Labute approximate surface area is 140 Å². The molecule has 0 heterocycles. The zero-order valence-electron chi connectivity index (χ0n) is 15.2. The number of ether oxygens (including phenoxy) is 1. The highest BCUT2D eigenvalue weighted by Gasteiger charge is 2.42. The molecule has 4 atom stereocenters. The standard InChI is InChI=1S/C19H31NO3/c1-12-7-13-8-14(16(12)11-17(21)20(5)6)10-15(9-13)23-18(22)19(2,3)4/h13-16H,1,7-11H2,2-6H3/t13-,14+,15-,16-/m0/s1. The van der Waals surface area contributed by atoms with E-state index < -0.39 is 5.41 Å². The van der Waals surface area contributed by atoms with E-state index in [9.17, 15) is 9.59 Å². The first-order chi connectivity index (χ1) is 10.6. The van der Waals surface area contributed by atoms with Gasteiger partial charge in [0, 0.05) is 20.5 Å². The Kier molecular flexibility index (Phi) is 5.22. The third kappa shape index (κ3) is 4.36. The smallest absolute Gasteiger partial charge is 0.311 e. The molecule has 4 nitrogen and oxygen atoms in total. The summed E-state index contributed by atoms with van der Waals surface area (Å²) in [6.45, 7) is 9.90. The Bertz CT molecular complexity index is 489. The van der Waals surface area contributed by atoms with Crippen LogP contribution in [-0.2, 0) is 14.3 Å². The molecule has 0 unspecified atom stereocenters. The predicted molar refractivity (Wildman–Crippen MR) is 90.7 cm³/mol. The number of carbonyl (C=O) groups is 2. The first-order valence-corrected chi connectivity index (χ1v) is 8.66. The van der Waals surface area contributed by atoms with Gasteiger partial charge in [0.2, 0.25) is 5.91 Å². The zero-order chi connectivity index (χ0) is 17.4. The molecular weight excluding hydrogens is 290 g/mol. The van der Waals surface area contributed by atoms with E-state index in [1.807, 2.05) is 20.8 Å². The van der Waals surface area contributed by atoms with Crippen LogP contribution >= 0.6 is 0 Å². The number of nitrogens with zero attached hydrogens (tertiary/aromatic N) is 1. The Morgan fingerprint density at radius 3 is 2.43 bits per heavy atom. The van der Waals surface area contributed by atoms with Crippen LogP contribution in [0.2, 0.25) is 0 Å². The van der Waals surface area contributed by atoms with Gasteiger partial charge in [-0.25, -0.2) is 0 Å². The highest BCUT2D eigenvalue weighted by molar-refractivity contribution is 5.76. The predicted octanol–water partition coefficient (Wildman–Crippen LogP) is 3.42. The minimum Gasteiger partial charge on any atom is -0.462 e. The molecule has 0 radical (unpaired) electrons. The molecule has 2 rings (SSSR count). The van der Waals surface area contributed by atoms with Gasteiger partial charge in [-0.15, -0.1) is 0 Å². The van der Waals surface area contributed by atoms with Crippen molar-refractivity contribution in [2.75, 3.05) is 14.1 Å². The van der Waals surface area contributed by atoms with Crippen LogP contribution in [0.4, 0.5) is 0 Å². The van der Waals surface area contributed by atoms with E-state index in [-0.39, 0.29) is 23.9 Å². The van der Waals surface area contributed by atoms with Gasteiger partial charge in [-0.2, -0.15) is 0 Å². The van der Waals surface area contributed by atoms with E-state index in [0.29, 0.717) is 18.3 Å². The number of esters is 1. The van der Waals surface area contributed by atoms with E-state index in [4.69, 9.17) is 4.74 Å². The average molecular weight is 321 g/mol. The molecule has 2 fully saturated rings. The lowest BCUT2D eigenvalue weighted by Crippen LogP contribution is -2.41. The highest BCUT2D eigenvalue weighted by atomic mass is 16.5. The monoisotopic (exact) mass is 321 g/mol. The summed E-state index contributed by atoms with van der Waals surface area (Å²) < 4.78 is 5.76. The molecule has 1 amide bonds. The second-order valence-corrected chi connectivity index (χ2v) is 8.57. The van der Waals surface area contributed by atoms with Gasteiger partial charge in [0.05, 0.1) is 5.41 Å². The molecule has 2 saturated carbocycles. The molecule has 0 spiro atoms. The van der Waals surface area contributed by atoms with E-state index in [1.54, 1.807) is 19.0 Å². The Morgan fingerprint density at radius 2 is 1.87 bits per heavy atom. The van der Waals surface area contributed by atoms with E-state index >= 15 is 0 Å². The lowest BCUT2D eigenvalue weighted by Gasteiger charge is -2.44. The summed E-state index contributed by atoms with van der Waals surface area (Å²) in [6, 6.07) is 0. The summed E-state index contributed by atoms with van der Waals surface area (Å²) >= 11 is 0. The molecule has 0 aromatic heterocycles. The molecule has 0 N–H and O–H groups in total. The van der Waals surface area contributed by atoms with Crippen molar-refractivity contribution in [3.63, 3.8) is 0 Å². The first-order valence-electron chi connectivity index (χ1n) is 8.66. The molecule has 2 aliphatic carbocycles. The summed E-state index contributed by atoms with van der Waals surface area (Å²) in [6.07, 6.45) is 4.42. The SMILES string of the molecule is C=C1C[C@@H]2C[C@H](OC(=O)C(C)(C)C)C[C@@H](C2)[C@H]1CC(=O)N(C)C. The maximum Gasteiger partial charge on any atom is 0.311 e. The fraction of sp³-hybridized carbons (Fsp3) is 0.789. The van der Waals surface area contributed by atoms with Crippen LogP contribution in [0, 0.1) is 23.2 Å². The van der Waals surface area contributed by atoms with Crippen molar-refractivity contribution in [1.82, 2.24) is 4.90 Å². The molecule has 0 aromatic carbocycles. The molecule has 0 aromatic rings. The molecule has 130 valence electrons. The Balaban J connectivity index is 2.03. The minimum atomic E-state index is -0.462. The molecule has 0 saturated heterocycles. The van der Waals surface area contributed by atoms with Crippen molar-refractivity contribution in [1.29, 1.82) is 0 Å². The van der Waals surface area contributed by atoms with Gasteiger partial charge in [-0.3, -0.25) is 9.59 Å². The third-order valence-electron chi connectivity index (χ3n) is 5.22. The average Bonchev–Trinajstić information content (AvgIpc) is 2.41. The second-order valence-electron chi connectivity index (χ2n) is 8.57. The van der Waals surface area contributed by atoms with Crippen LogP contribution in [0.15, 0.2) is 12.2 Å². The van der Waals surface area contributed by atoms with Gasteiger partial charge in [0.1, 0.15) is 6.10 Å². The van der Waals surface area contributed by atoms with Crippen molar-refractivity contribution in [2.45, 2.75) is 59.0 Å². The van der Waals surface area contributed by atoms with Gasteiger partial charge in [-0.1, -0.05) is 12.2 Å². The maximum atomic E-state index is 12.2. The molecule has 0 aliphatic heterocycles. The number of allylic oxidation sites excluding steroid dienone is 1. The van der Waals surface area contributed by atoms with Gasteiger partial charge < -0.3 is 9.64 Å². The molecule has 2 aliphatic rings. The molecule has 2 bridgehead atoms. The summed E-state index contributed by atoms with van der Waals surface area (Å²) in [5.74, 6) is 1.23. The van der Waals surface area contributed by atoms with Crippen molar-refractivity contribution in [3.8, 4) is 0 Å². The highest BCUT2D eigenvalue weighted by Crippen LogP contribution is 2.47. The van der Waals surface area contributed by atoms with Crippen molar-refractivity contribution < 1.29 is 14.3 Å². The van der Waals surface area contributed by atoms with E-state index in [0.717, 1.165) is 25.7 Å². The fourth-order valence-corrected chi connectivity index (χ4v) is 3.88. The summed E-state index contributed by atoms with van der Waals surface area (Å²) in [5.41, 5.74) is 0.748. The minimum absolute atomic E-state index is 0.00414. The molecule has 23 heavy (non-hydrogen) atoms. The molecular formula is C19H31NO3. The maximum absolute atomic E-state index is 12.2. The summed E-state index contributed by atoms with van der Waals surface area (Å²) in [7, 11) is 3.59. The summed E-state index contributed by atoms with van der Waals surface area (Å²) in [4.78, 5) is 25.9. The zero-order valence-corrected chi connectivity index (χ0v) is 15.2. The Morgan fingerprint density at radius 1 is 1.22 bits per heavy atom. The number of hydrogen-bond donors (Lipinski definition) is 0. The topological polar surface area (TPSA) is 46.6 Å².